The fraction of sp³-hybridized carbons (Fsp3) is 0.500. The number of rotatable bonds is 8. The largest absolute Gasteiger partial charge is 0.465 e. The van der Waals surface area contributed by atoms with Gasteiger partial charge in [-0.25, -0.2) is 0 Å². The molecule has 0 saturated heterocycles. The zero-order valence-corrected chi connectivity index (χ0v) is 13.2. The third-order valence-electron chi connectivity index (χ3n) is 3.41. The van der Waals surface area contributed by atoms with Crippen molar-refractivity contribution in [3.05, 3.63) is 34.9 Å². The highest BCUT2D eigenvalue weighted by Crippen LogP contribution is 2.30. The Balaban J connectivity index is 2.91. The number of carbonyl (C=O) groups excluding carboxylic acids is 2. The predicted octanol–water partition coefficient (Wildman–Crippen LogP) is 3.28. The molecule has 0 bridgehead atoms. The van der Waals surface area contributed by atoms with E-state index in [-0.39, 0.29) is 12.5 Å². The molecule has 0 saturated carbocycles. The molecule has 5 heteroatoms. The molecule has 21 heavy (non-hydrogen) atoms. The molecule has 116 valence electrons. The van der Waals surface area contributed by atoms with Crippen LogP contribution in [0.1, 0.15) is 44.6 Å². The summed E-state index contributed by atoms with van der Waals surface area (Å²) in [5, 5.41) is 0.658. The quantitative estimate of drug-likeness (QED) is 0.591. The lowest BCUT2D eigenvalue weighted by molar-refractivity contribution is -0.151. The van der Waals surface area contributed by atoms with Crippen molar-refractivity contribution in [1.82, 2.24) is 0 Å². The molecule has 1 amide bonds. The maximum absolute atomic E-state index is 11.9. The van der Waals surface area contributed by atoms with E-state index in [9.17, 15) is 9.59 Å². The number of esters is 1. The van der Waals surface area contributed by atoms with Gasteiger partial charge in [0.2, 0.25) is 5.91 Å². The minimum Gasteiger partial charge on any atom is -0.465 e. The van der Waals surface area contributed by atoms with Crippen molar-refractivity contribution in [2.45, 2.75) is 39.0 Å². The number of hydrogen-bond acceptors (Lipinski definition) is 3. The van der Waals surface area contributed by atoms with Crippen LogP contribution < -0.4 is 5.73 Å². The number of hydrogen-bond donors (Lipinski definition) is 1. The molecule has 1 aromatic carbocycles. The van der Waals surface area contributed by atoms with Gasteiger partial charge in [-0.1, -0.05) is 37.1 Å². The van der Waals surface area contributed by atoms with Crippen LogP contribution in [-0.2, 0) is 14.3 Å². The first-order chi connectivity index (χ1) is 9.99. The normalized spacial score (nSPS) is 13.5. The van der Waals surface area contributed by atoms with Crippen molar-refractivity contribution in [1.29, 1.82) is 0 Å². The van der Waals surface area contributed by atoms with Gasteiger partial charge in [-0.2, -0.15) is 0 Å². The molecule has 2 N–H and O–H groups in total. The Hall–Kier alpha value is -1.55. The first-order valence-corrected chi connectivity index (χ1v) is 7.58. The lowest BCUT2D eigenvalue weighted by Gasteiger charge is -2.21. The maximum Gasteiger partial charge on any atom is 0.318 e. The first-order valence-electron chi connectivity index (χ1n) is 7.21. The van der Waals surface area contributed by atoms with E-state index in [0.29, 0.717) is 11.4 Å². The number of benzene rings is 1. The molecule has 1 aromatic rings. The molecule has 0 aliphatic rings. The van der Waals surface area contributed by atoms with Crippen LogP contribution in [0.2, 0.25) is 5.02 Å². The van der Waals surface area contributed by atoms with E-state index in [0.717, 1.165) is 18.4 Å². The van der Waals surface area contributed by atoms with Gasteiger partial charge in [0, 0.05) is 5.02 Å². The van der Waals surface area contributed by atoms with Crippen LogP contribution in [0.15, 0.2) is 24.3 Å². The Bertz CT molecular complexity index is 473. The fourth-order valence-electron chi connectivity index (χ4n) is 2.36. The van der Waals surface area contributed by atoms with E-state index in [2.05, 4.69) is 6.92 Å². The van der Waals surface area contributed by atoms with E-state index < -0.39 is 17.8 Å². The zero-order valence-electron chi connectivity index (χ0n) is 12.5. The number of carbonyl (C=O) groups is 2. The fourth-order valence-corrected chi connectivity index (χ4v) is 2.49. The van der Waals surface area contributed by atoms with Crippen LogP contribution in [-0.4, -0.2) is 18.5 Å². The smallest absolute Gasteiger partial charge is 0.318 e. The van der Waals surface area contributed by atoms with Crippen LogP contribution in [0.5, 0.6) is 0 Å². The Kier molecular flexibility index (Phi) is 7.23. The van der Waals surface area contributed by atoms with E-state index in [1.54, 1.807) is 6.92 Å². The SMILES string of the molecule is CCCC(CC(C(N)=O)C(=O)OCC)c1ccc(Cl)cc1. The topological polar surface area (TPSA) is 69.4 Å². The standard InChI is InChI=1S/C16H22ClNO3/c1-3-5-12(11-6-8-13(17)9-7-11)10-14(15(18)19)16(20)21-4-2/h6-9,12,14H,3-5,10H2,1-2H3,(H2,18,19). The predicted molar refractivity (Wildman–Crippen MR) is 83.0 cm³/mol. The van der Waals surface area contributed by atoms with Crippen LogP contribution in [0, 0.1) is 5.92 Å². The van der Waals surface area contributed by atoms with Gasteiger partial charge < -0.3 is 10.5 Å². The van der Waals surface area contributed by atoms with Gasteiger partial charge in [-0.3, -0.25) is 9.59 Å². The molecular formula is C16H22ClNO3. The highest BCUT2D eigenvalue weighted by molar-refractivity contribution is 6.30. The summed E-state index contributed by atoms with van der Waals surface area (Å²) in [4.78, 5) is 23.4. The van der Waals surface area contributed by atoms with E-state index >= 15 is 0 Å². The third kappa shape index (κ3) is 5.38. The second-order valence-electron chi connectivity index (χ2n) is 4.98. The highest BCUT2D eigenvalue weighted by atomic mass is 35.5. The number of halogens is 1. The average Bonchev–Trinajstić information content (AvgIpc) is 2.44. The Labute approximate surface area is 130 Å². The van der Waals surface area contributed by atoms with Crippen LogP contribution in [0.25, 0.3) is 0 Å². The average molecular weight is 312 g/mol. The Morgan fingerprint density at radius 3 is 2.33 bits per heavy atom. The molecular weight excluding hydrogens is 290 g/mol. The van der Waals surface area contributed by atoms with Crippen molar-refractivity contribution in [2.75, 3.05) is 6.61 Å². The monoisotopic (exact) mass is 311 g/mol. The molecule has 0 spiro atoms. The number of nitrogens with two attached hydrogens (primary N) is 1. The number of amides is 1. The van der Waals surface area contributed by atoms with Crippen LogP contribution in [0.4, 0.5) is 0 Å². The second kappa shape index (κ2) is 8.67. The van der Waals surface area contributed by atoms with Crippen molar-refractivity contribution in [2.24, 2.45) is 11.7 Å². The van der Waals surface area contributed by atoms with Crippen molar-refractivity contribution in [3.63, 3.8) is 0 Å². The van der Waals surface area contributed by atoms with E-state index in [4.69, 9.17) is 22.1 Å². The summed E-state index contributed by atoms with van der Waals surface area (Å²) in [5.41, 5.74) is 6.41. The molecule has 2 unspecified atom stereocenters. The van der Waals surface area contributed by atoms with Crippen molar-refractivity contribution >= 4 is 23.5 Å². The summed E-state index contributed by atoms with van der Waals surface area (Å²) >= 11 is 5.89. The van der Waals surface area contributed by atoms with Gasteiger partial charge >= 0.3 is 5.97 Å². The number of ether oxygens (including phenoxy) is 1. The highest BCUT2D eigenvalue weighted by Gasteiger charge is 2.29. The Morgan fingerprint density at radius 2 is 1.86 bits per heavy atom. The number of primary amides is 1. The first kappa shape index (κ1) is 17.5. The molecule has 4 nitrogen and oxygen atoms in total. The molecule has 0 aliphatic heterocycles. The Morgan fingerprint density at radius 1 is 1.24 bits per heavy atom. The van der Waals surface area contributed by atoms with Gasteiger partial charge in [0.05, 0.1) is 6.61 Å². The van der Waals surface area contributed by atoms with Gasteiger partial charge in [0.15, 0.2) is 0 Å². The van der Waals surface area contributed by atoms with E-state index in [1.807, 2.05) is 24.3 Å². The van der Waals surface area contributed by atoms with Crippen molar-refractivity contribution < 1.29 is 14.3 Å². The second-order valence-corrected chi connectivity index (χ2v) is 5.42. The van der Waals surface area contributed by atoms with Crippen LogP contribution >= 0.6 is 11.6 Å². The molecule has 0 radical (unpaired) electrons. The molecule has 2 atom stereocenters. The molecule has 0 aromatic heterocycles. The molecule has 0 fully saturated rings. The van der Waals surface area contributed by atoms with Crippen LogP contribution in [0.3, 0.4) is 0 Å². The molecule has 0 heterocycles. The summed E-state index contributed by atoms with van der Waals surface area (Å²) in [6.45, 7) is 4.01. The molecule has 1 rings (SSSR count). The summed E-state index contributed by atoms with van der Waals surface area (Å²) < 4.78 is 4.94. The van der Waals surface area contributed by atoms with Gasteiger partial charge in [-0.15, -0.1) is 0 Å². The third-order valence-corrected chi connectivity index (χ3v) is 3.67. The maximum atomic E-state index is 11.9. The van der Waals surface area contributed by atoms with Gasteiger partial charge in [0.25, 0.3) is 0 Å². The van der Waals surface area contributed by atoms with Gasteiger partial charge in [-0.05, 0) is 43.4 Å². The lowest BCUT2D eigenvalue weighted by Crippen LogP contribution is -2.33. The van der Waals surface area contributed by atoms with E-state index in [1.165, 1.54) is 0 Å². The van der Waals surface area contributed by atoms with Crippen molar-refractivity contribution in [3.8, 4) is 0 Å². The summed E-state index contributed by atoms with van der Waals surface area (Å²) in [5.74, 6) is -2.00. The molecule has 0 aliphatic carbocycles. The minimum absolute atomic E-state index is 0.0779. The summed E-state index contributed by atoms with van der Waals surface area (Å²) in [7, 11) is 0. The summed E-state index contributed by atoms with van der Waals surface area (Å²) in [6, 6.07) is 7.46. The summed E-state index contributed by atoms with van der Waals surface area (Å²) in [6.07, 6.45) is 2.18. The van der Waals surface area contributed by atoms with Gasteiger partial charge in [0.1, 0.15) is 5.92 Å². The minimum atomic E-state index is -0.905. The zero-order chi connectivity index (χ0) is 15.8. The lowest BCUT2D eigenvalue weighted by atomic mass is 9.85.